The van der Waals surface area contributed by atoms with E-state index in [4.69, 9.17) is 10.8 Å². The SMILES string of the molecule is CC[C@H](C)[C@H](N)C(=O)N(CCO)C1CC1. The molecule has 0 heterocycles. The second-order valence-electron chi connectivity index (χ2n) is 4.40. The van der Waals surface area contributed by atoms with Crippen LogP contribution in [0.2, 0.25) is 0 Å². The van der Waals surface area contributed by atoms with Crippen molar-refractivity contribution in [3.05, 3.63) is 0 Å². The molecule has 1 fully saturated rings. The topological polar surface area (TPSA) is 66.6 Å². The molecule has 0 unspecified atom stereocenters. The van der Waals surface area contributed by atoms with E-state index in [-0.39, 0.29) is 18.4 Å². The number of nitrogens with zero attached hydrogens (tertiary/aromatic N) is 1. The predicted octanol–water partition coefficient (Wildman–Crippen LogP) is 0.343. The van der Waals surface area contributed by atoms with Gasteiger partial charge in [-0.2, -0.15) is 0 Å². The summed E-state index contributed by atoms with van der Waals surface area (Å²) in [5.41, 5.74) is 5.90. The van der Waals surface area contributed by atoms with Crippen LogP contribution >= 0.6 is 0 Å². The molecule has 3 N–H and O–H groups in total. The van der Waals surface area contributed by atoms with Crippen LogP contribution in [0.25, 0.3) is 0 Å². The summed E-state index contributed by atoms with van der Waals surface area (Å²) in [6, 6.07) is -0.0816. The van der Waals surface area contributed by atoms with E-state index >= 15 is 0 Å². The summed E-state index contributed by atoms with van der Waals surface area (Å²) in [7, 11) is 0. The molecule has 0 saturated heterocycles. The second kappa shape index (κ2) is 5.47. The summed E-state index contributed by atoms with van der Waals surface area (Å²) < 4.78 is 0. The Balaban J connectivity index is 2.54. The molecule has 1 aliphatic rings. The van der Waals surface area contributed by atoms with E-state index in [0.717, 1.165) is 19.3 Å². The quantitative estimate of drug-likeness (QED) is 0.670. The molecule has 1 aliphatic carbocycles. The molecule has 0 aromatic carbocycles. The van der Waals surface area contributed by atoms with Crippen LogP contribution < -0.4 is 5.73 Å². The number of carbonyl (C=O) groups is 1. The fraction of sp³-hybridized carbons (Fsp3) is 0.909. The molecule has 0 bridgehead atoms. The predicted molar refractivity (Wildman–Crippen MR) is 59.3 cm³/mol. The Morgan fingerprint density at radius 1 is 1.60 bits per heavy atom. The van der Waals surface area contributed by atoms with Gasteiger partial charge in [-0.3, -0.25) is 4.79 Å². The molecule has 2 atom stereocenters. The summed E-state index contributed by atoms with van der Waals surface area (Å²) in [4.78, 5) is 13.8. The zero-order chi connectivity index (χ0) is 11.4. The highest BCUT2D eigenvalue weighted by atomic mass is 16.3. The monoisotopic (exact) mass is 214 g/mol. The minimum Gasteiger partial charge on any atom is -0.395 e. The highest BCUT2D eigenvalue weighted by Gasteiger charge is 2.35. The Kier molecular flexibility index (Phi) is 4.54. The average molecular weight is 214 g/mol. The average Bonchev–Trinajstić information content (AvgIpc) is 3.06. The van der Waals surface area contributed by atoms with E-state index in [1.54, 1.807) is 4.90 Å². The summed E-state index contributed by atoms with van der Waals surface area (Å²) >= 11 is 0. The first-order valence-electron chi connectivity index (χ1n) is 5.78. The van der Waals surface area contributed by atoms with Gasteiger partial charge in [-0.05, 0) is 18.8 Å². The zero-order valence-electron chi connectivity index (χ0n) is 9.65. The van der Waals surface area contributed by atoms with E-state index < -0.39 is 6.04 Å². The van der Waals surface area contributed by atoms with Gasteiger partial charge in [-0.1, -0.05) is 20.3 Å². The molecule has 0 spiro atoms. The van der Waals surface area contributed by atoms with E-state index in [9.17, 15) is 4.79 Å². The fourth-order valence-corrected chi connectivity index (χ4v) is 1.66. The molecule has 88 valence electrons. The van der Waals surface area contributed by atoms with Gasteiger partial charge in [0.1, 0.15) is 0 Å². The van der Waals surface area contributed by atoms with Crippen LogP contribution in [0.3, 0.4) is 0 Å². The highest BCUT2D eigenvalue weighted by molar-refractivity contribution is 5.82. The number of aliphatic hydroxyl groups is 1. The van der Waals surface area contributed by atoms with E-state index in [0.29, 0.717) is 12.6 Å². The third kappa shape index (κ3) is 3.18. The Labute approximate surface area is 91.4 Å². The van der Waals surface area contributed by atoms with Crippen molar-refractivity contribution in [2.45, 2.75) is 45.2 Å². The number of hydrogen-bond donors (Lipinski definition) is 2. The van der Waals surface area contributed by atoms with Crippen LogP contribution in [-0.4, -0.2) is 41.1 Å². The minimum absolute atomic E-state index is 0.000833. The lowest BCUT2D eigenvalue weighted by atomic mass is 9.99. The maximum Gasteiger partial charge on any atom is 0.240 e. The Hall–Kier alpha value is -0.610. The smallest absolute Gasteiger partial charge is 0.240 e. The van der Waals surface area contributed by atoms with Crippen molar-refractivity contribution in [2.75, 3.05) is 13.2 Å². The first-order chi connectivity index (χ1) is 7.11. The largest absolute Gasteiger partial charge is 0.395 e. The fourth-order valence-electron chi connectivity index (χ4n) is 1.66. The van der Waals surface area contributed by atoms with Gasteiger partial charge in [0.05, 0.1) is 12.6 Å². The van der Waals surface area contributed by atoms with Gasteiger partial charge in [0.2, 0.25) is 5.91 Å². The normalized spacial score (nSPS) is 19.7. The first-order valence-corrected chi connectivity index (χ1v) is 5.78. The number of carbonyl (C=O) groups excluding carboxylic acids is 1. The van der Waals surface area contributed by atoms with Gasteiger partial charge < -0.3 is 15.7 Å². The molecule has 0 aliphatic heterocycles. The Bertz CT molecular complexity index is 217. The van der Waals surface area contributed by atoms with E-state index in [1.165, 1.54) is 0 Å². The maximum atomic E-state index is 12.0. The lowest BCUT2D eigenvalue weighted by molar-refractivity contribution is -0.134. The number of hydrogen-bond acceptors (Lipinski definition) is 3. The van der Waals surface area contributed by atoms with Crippen LogP contribution in [0.15, 0.2) is 0 Å². The molecule has 4 heteroatoms. The van der Waals surface area contributed by atoms with Crippen LogP contribution in [0.4, 0.5) is 0 Å². The third-order valence-corrected chi connectivity index (χ3v) is 3.15. The van der Waals surface area contributed by atoms with Crippen molar-refractivity contribution in [2.24, 2.45) is 11.7 Å². The number of amides is 1. The summed E-state index contributed by atoms with van der Waals surface area (Å²) in [6.07, 6.45) is 3.02. The molecule has 0 aromatic heterocycles. The van der Waals surface area contributed by atoms with Crippen LogP contribution in [0, 0.1) is 5.92 Å². The highest BCUT2D eigenvalue weighted by Crippen LogP contribution is 2.27. The van der Waals surface area contributed by atoms with Gasteiger partial charge in [0, 0.05) is 12.6 Å². The lowest BCUT2D eigenvalue weighted by Gasteiger charge is -2.27. The van der Waals surface area contributed by atoms with Gasteiger partial charge in [0.25, 0.3) is 0 Å². The van der Waals surface area contributed by atoms with Crippen molar-refractivity contribution in [1.29, 1.82) is 0 Å². The van der Waals surface area contributed by atoms with Gasteiger partial charge >= 0.3 is 0 Å². The van der Waals surface area contributed by atoms with Crippen molar-refractivity contribution in [3.8, 4) is 0 Å². The second-order valence-corrected chi connectivity index (χ2v) is 4.40. The van der Waals surface area contributed by atoms with Crippen molar-refractivity contribution in [1.82, 2.24) is 4.90 Å². The molecule has 4 nitrogen and oxygen atoms in total. The lowest BCUT2D eigenvalue weighted by Crippen LogP contribution is -2.48. The van der Waals surface area contributed by atoms with Crippen LogP contribution in [-0.2, 0) is 4.79 Å². The molecule has 1 saturated carbocycles. The Morgan fingerprint density at radius 2 is 2.20 bits per heavy atom. The summed E-state index contributed by atoms with van der Waals surface area (Å²) in [5.74, 6) is 0.207. The first kappa shape index (κ1) is 12.5. The third-order valence-electron chi connectivity index (χ3n) is 3.15. The van der Waals surface area contributed by atoms with E-state index in [2.05, 4.69) is 0 Å². The maximum absolute atomic E-state index is 12.0. The molecular weight excluding hydrogens is 192 g/mol. The van der Waals surface area contributed by atoms with E-state index in [1.807, 2.05) is 13.8 Å². The van der Waals surface area contributed by atoms with Crippen molar-refractivity contribution >= 4 is 5.91 Å². The molecule has 1 rings (SSSR count). The Morgan fingerprint density at radius 3 is 2.60 bits per heavy atom. The molecule has 1 amide bonds. The summed E-state index contributed by atoms with van der Waals surface area (Å²) in [6.45, 7) is 4.47. The molecule has 0 aromatic rings. The number of aliphatic hydroxyl groups excluding tert-OH is 1. The van der Waals surface area contributed by atoms with Gasteiger partial charge in [-0.15, -0.1) is 0 Å². The van der Waals surface area contributed by atoms with Crippen molar-refractivity contribution in [3.63, 3.8) is 0 Å². The summed E-state index contributed by atoms with van der Waals surface area (Å²) in [5, 5.41) is 8.91. The molecule has 15 heavy (non-hydrogen) atoms. The zero-order valence-corrected chi connectivity index (χ0v) is 9.65. The van der Waals surface area contributed by atoms with Crippen molar-refractivity contribution < 1.29 is 9.90 Å². The molecular formula is C11H22N2O2. The molecule has 0 radical (unpaired) electrons. The number of rotatable bonds is 6. The standard InChI is InChI=1S/C11H22N2O2/c1-3-8(2)10(12)11(15)13(6-7-14)9-4-5-9/h8-10,14H,3-7,12H2,1-2H3/t8-,10-/m0/s1. The van der Waals surface area contributed by atoms with Gasteiger partial charge in [-0.25, -0.2) is 0 Å². The number of nitrogens with two attached hydrogens (primary N) is 1. The minimum atomic E-state index is -0.415. The van der Waals surface area contributed by atoms with Gasteiger partial charge in [0.15, 0.2) is 0 Å². The van der Waals surface area contributed by atoms with Crippen LogP contribution in [0.5, 0.6) is 0 Å². The van der Waals surface area contributed by atoms with Crippen LogP contribution in [0.1, 0.15) is 33.1 Å².